The van der Waals surface area contributed by atoms with E-state index in [2.05, 4.69) is 36.6 Å². The maximum Gasteiger partial charge on any atom is 0.119 e. The fraction of sp³-hybridized carbons (Fsp3) is 0.600. The molecule has 2 aliphatic carbocycles. The number of hydrogen-bond acceptors (Lipinski definition) is 2. The first-order valence-electron chi connectivity index (χ1n) is 6.79. The zero-order valence-electron chi connectivity index (χ0n) is 10.5. The lowest BCUT2D eigenvalue weighted by Crippen LogP contribution is -2.16. The minimum Gasteiger partial charge on any atom is -0.490 e. The van der Waals surface area contributed by atoms with Gasteiger partial charge in [0.05, 0.1) is 6.10 Å². The molecule has 2 aliphatic rings. The van der Waals surface area contributed by atoms with E-state index in [0.29, 0.717) is 12.1 Å². The summed E-state index contributed by atoms with van der Waals surface area (Å²) in [5, 5.41) is 3.42. The second-order valence-electron chi connectivity index (χ2n) is 5.41. The van der Waals surface area contributed by atoms with Gasteiger partial charge in [-0.05, 0) is 49.9 Å². The Morgan fingerprint density at radius 1 is 1.18 bits per heavy atom. The zero-order valence-corrected chi connectivity index (χ0v) is 10.5. The van der Waals surface area contributed by atoms with Crippen LogP contribution < -0.4 is 10.1 Å². The molecule has 1 aromatic carbocycles. The normalized spacial score (nSPS) is 21.2. The van der Waals surface area contributed by atoms with Crippen molar-refractivity contribution in [1.82, 2.24) is 5.32 Å². The molecule has 2 fully saturated rings. The quantitative estimate of drug-likeness (QED) is 0.811. The number of nitrogens with one attached hydrogen (secondary N) is 1. The first kappa shape index (κ1) is 11.1. The molecule has 0 saturated heterocycles. The summed E-state index contributed by atoms with van der Waals surface area (Å²) >= 11 is 0. The predicted molar refractivity (Wildman–Crippen MR) is 69.2 cm³/mol. The van der Waals surface area contributed by atoms with Gasteiger partial charge in [0.25, 0.3) is 0 Å². The predicted octanol–water partition coefficient (Wildman–Crippen LogP) is 3.29. The van der Waals surface area contributed by atoms with E-state index in [4.69, 9.17) is 4.74 Å². The molecule has 2 nitrogen and oxygen atoms in total. The van der Waals surface area contributed by atoms with Gasteiger partial charge in [0, 0.05) is 6.04 Å². The van der Waals surface area contributed by atoms with Crippen molar-refractivity contribution in [3.8, 4) is 5.75 Å². The topological polar surface area (TPSA) is 21.3 Å². The lowest BCUT2D eigenvalue weighted by Gasteiger charge is -2.16. The first-order chi connectivity index (χ1) is 8.35. The summed E-state index contributed by atoms with van der Waals surface area (Å²) in [5.41, 5.74) is 1.39. The molecule has 0 bridgehead atoms. The highest BCUT2D eigenvalue weighted by molar-refractivity contribution is 5.29. The van der Waals surface area contributed by atoms with Crippen molar-refractivity contribution >= 4 is 0 Å². The Labute approximate surface area is 103 Å². The molecule has 1 unspecified atom stereocenters. The van der Waals surface area contributed by atoms with Crippen molar-refractivity contribution in [1.29, 1.82) is 0 Å². The fourth-order valence-corrected chi connectivity index (χ4v) is 2.26. The summed E-state index contributed by atoms with van der Waals surface area (Å²) in [6.45, 7) is 0. The van der Waals surface area contributed by atoms with Crippen LogP contribution in [-0.4, -0.2) is 13.2 Å². The minimum atomic E-state index is 0.493. The van der Waals surface area contributed by atoms with Crippen LogP contribution in [0, 0.1) is 5.92 Å². The Bertz CT molecular complexity index is 365. The van der Waals surface area contributed by atoms with Gasteiger partial charge >= 0.3 is 0 Å². The molecule has 0 aliphatic heterocycles. The molecular formula is C15H21NO. The van der Waals surface area contributed by atoms with Crippen molar-refractivity contribution in [2.75, 3.05) is 7.05 Å². The van der Waals surface area contributed by atoms with Crippen LogP contribution in [0.5, 0.6) is 5.75 Å². The van der Waals surface area contributed by atoms with E-state index < -0.39 is 0 Å². The maximum atomic E-state index is 5.77. The molecule has 3 rings (SSSR count). The third-order valence-electron chi connectivity index (χ3n) is 3.72. The summed E-state index contributed by atoms with van der Waals surface area (Å²) in [6.07, 6.45) is 7.06. The van der Waals surface area contributed by atoms with Gasteiger partial charge in [0.2, 0.25) is 0 Å². The second kappa shape index (κ2) is 4.69. The summed E-state index contributed by atoms with van der Waals surface area (Å²) in [7, 11) is 2.06. The Morgan fingerprint density at radius 2 is 1.88 bits per heavy atom. The summed E-state index contributed by atoms with van der Waals surface area (Å²) < 4.78 is 5.77. The summed E-state index contributed by atoms with van der Waals surface area (Å²) in [5.74, 6) is 1.98. The fourth-order valence-electron chi connectivity index (χ4n) is 2.26. The number of rotatable bonds is 6. The van der Waals surface area contributed by atoms with Crippen LogP contribution in [0.25, 0.3) is 0 Å². The monoisotopic (exact) mass is 231 g/mol. The van der Waals surface area contributed by atoms with E-state index in [1.54, 1.807) is 0 Å². The van der Waals surface area contributed by atoms with Gasteiger partial charge in [-0.2, -0.15) is 0 Å². The SMILES string of the molecule is CNC(CC1CC1)c1ccc(OC2CC2)cc1. The van der Waals surface area contributed by atoms with E-state index in [1.165, 1.54) is 37.7 Å². The van der Waals surface area contributed by atoms with Gasteiger partial charge in [0.1, 0.15) is 5.75 Å². The third-order valence-corrected chi connectivity index (χ3v) is 3.72. The van der Waals surface area contributed by atoms with Gasteiger partial charge in [-0.15, -0.1) is 0 Å². The van der Waals surface area contributed by atoms with Gasteiger partial charge < -0.3 is 10.1 Å². The van der Waals surface area contributed by atoms with Crippen LogP contribution in [0.15, 0.2) is 24.3 Å². The molecule has 0 radical (unpaired) electrons. The van der Waals surface area contributed by atoms with Gasteiger partial charge in [-0.25, -0.2) is 0 Å². The highest BCUT2D eigenvalue weighted by Crippen LogP contribution is 2.37. The number of ether oxygens (including phenoxy) is 1. The standard InChI is InChI=1S/C15H21NO/c1-16-15(10-11-2-3-11)12-4-6-13(7-5-12)17-14-8-9-14/h4-7,11,14-16H,2-3,8-10H2,1H3. The van der Waals surface area contributed by atoms with Crippen LogP contribution in [0.4, 0.5) is 0 Å². The Balaban J connectivity index is 1.63. The lowest BCUT2D eigenvalue weighted by molar-refractivity contribution is 0.303. The maximum absolute atomic E-state index is 5.77. The molecule has 2 saturated carbocycles. The smallest absolute Gasteiger partial charge is 0.119 e. The lowest BCUT2D eigenvalue weighted by atomic mass is 10.0. The van der Waals surface area contributed by atoms with Crippen molar-refractivity contribution in [3.63, 3.8) is 0 Å². The number of hydrogen-bond donors (Lipinski definition) is 1. The van der Waals surface area contributed by atoms with E-state index >= 15 is 0 Å². The summed E-state index contributed by atoms with van der Waals surface area (Å²) in [4.78, 5) is 0. The Morgan fingerprint density at radius 3 is 2.41 bits per heavy atom. The molecule has 17 heavy (non-hydrogen) atoms. The zero-order chi connectivity index (χ0) is 11.7. The molecule has 1 N–H and O–H groups in total. The van der Waals surface area contributed by atoms with E-state index in [1.807, 2.05) is 0 Å². The second-order valence-corrected chi connectivity index (χ2v) is 5.41. The highest BCUT2D eigenvalue weighted by Gasteiger charge is 2.26. The van der Waals surface area contributed by atoms with Crippen molar-refractivity contribution in [3.05, 3.63) is 29.8 Å². The number of benzene rings is 1. The van der Waals surface area contributed by atoms with E-state index in [0.717, 1.165) is 11.7 Å². The average molecular weight is 231 g/mol. The molecular weight excluding hydrogens is 210 g/mol. The molecule has 1 aromatic rings. The molecule has 0 aromatic heterocycles. The largest absolute Gasteiger partial charge is 0.490 e. The molecule has 0 amide bonds. The van der Waals surface area contributed by atoms with E-state index in [-0.39, 0.29) is 0 Å². The van der Waals surface area contributed by atoms with Gasteiger partial charge in [0.15, 0.2) is 0 Å². The van der Waals surface area contributed by atoms with Gasteiger partial charge in [-0.3, -0.25) is 0 Å². The Kier molecular flexibility index (Phi) is 3.06. The van der Waals surface area contributed by atoms with Crippen LogP contribution in [0.2, 0.25) is 0 Å². The van der Waals surface area contributed by atoms with Crippen molar-refractivity contribution < 1.29 is 4.74 Å². The molecule has 92 valence electrons. The minimum absolute atomic E-state index is 0.493. The van der Waals surface area contributed by atoms with Crippen molar-refractivity contribution in [2.24, 2.45) is 5.92 Å². The Hall–Kier alpha value is -1.02. The van der Waals surface area contributed by atoms with Crippen LogP contribution in [-0.2, 0) is 0 Å². The van der Waals surface area contributed by atoms with Gasteiger partial charge in [-0.1, -0.05) is 25.0 Å². The summed E-state index contributed by atoms with van der Waals surface area (Å²) in [6, 6.07) is 9.16. The average Bonchev–Trinajstić information content (AvgIpc) is 3.22. The van der Waals surface area contributed by atoms with Crippen LogP contribution >= 0.6 is 0 Å². The highest BCUT2D eigenvalue weighted by atomic mass is 16.5. The first-order valence-corrected chi connectivity index (χ1v) is 6.79. The van der Waals surface area contributed by atoms with Crippen molar-refractivity contribution in [2.45, 2.75) is 44.2 Å². The molecule has 0 heterocycles. The van der Waals surface area contributed by atoms with Crippen LogP contribution in [0.3, 0.4) is 0 Å². The molecule has 2 heteroatoms. The molecule has 0 spiro atoms. The molecule has 1 atom stereocenters. The third kappa shape index (κ3) is 3.01. The van der Waals surface area contributed by atoms with Crippen LogP contribution in [0.1, 0.15) is 43.7 Å². The van der Waals surface area contributed by atoms with E-state index in [9.17, 15) is 0 Å².